The molecule has 1 aliphatic rings. The van der Waals surface area contributed by atoms with E-state index >= 15 is 0 Å². The van der Waals surface area contributed by atoms with E-state index in [0.717, 1.165) is 4.90 Å². The lowest BCUT2D eigenvalue weighted by molar-refractivity contribution is -0.141. The van der Waals surface area contributed by atoms with E-state index in [2.05, 4.69) is 15.4 Å². The lowest BCUT2D eigenvalue weighted by Gasteiger charge is -2.11. The fourth-order valence-corrected chi connectivity index (χ4v) is 1.06. The van der Waals surface area contributed by atoms with E-state index < -0.39 is 30.4 Å². The minimum absolute atomic E-state index is 0.108. The largest absolute Gasteiger partial charge is 0.468 e. The molecule has 8 heteroatoms. The minimum atomic E-state index is -0.613. The van der Waals surface area contributed by atoms with Crippen LogP contribution in [0.15, 0.2) is 0 Å². The zero-order chi connectivity index (χ0) is 12.1. The second-order valence-corrected chi connectivity index (χ2v) is 2.99. The normalized spacial score (nSPS) is 14.7. The summed E-state index contributed by atoms with van der Waals surface area (Å²) in [5, 5.41) is 4.48. The molecule has 2 N–H and O–H groups in total. The van der Waals surface area contributed by atoms with Crippen molar-refractivity contribution in [1.82, 2.24) is 15.5 Å². The Kier molecular flexibility index (Phi) is 3.81. The number of imide groups is 1. The van der Waals surface area contributed by atoms with Gasteiger partial charge in [0.1, 0.15) is 13.1 Å². The van der Waals surface area contributed by atoms with Crippen molar-refractivity contribution >= 4 is 23.8 Å². The summed E-state index contributed by atoms with van der Waals surface area (Å²) in [6.07, 6.45) is 0. The van der Waals surface area contributed by atoms with Crippen LogP contribution >= 0.6 is 0 Å². The first-order valence-electron chi connectivity index (χ1n) is 4.46. The predicted octanol–water partition coefficient (Wildman–Crippen LogP) is -2.17. The summed E-state index contributed by atoms with van der Waals surface area (Å²) in [6, 6.07) is -0.613. The molecule has 0 atom stereocenters. The van der Waals surface area contributed by atoms with Crippen molar-refractivity contribution in [2.24, 2.45) is 0 Å². The Morgan fingerprint density at radius 2 is 2.19 bits per heavy atom. The smallest absolute Gasteiger partial charge is 0.325 e. The lowest BCUT2D eigenvalue weighted by Crippen LogP contribution is -2.42. The van der Waals surface area contributed by atoms with Gasteiger partial charge in [0, 0.05) is 0 Å². The highest BCUT2D eigenvalue weighted by Crippen LogP contribution is 1.97. The van der Waals surface area contributed by atoms with Crippen molar-refractivity contribution in [3.8, 4) is 0 Å². The van der Waals surface area contributed by atoms with Gasteiger partial charge in [-0.2, -0.15) is 0 Å². The van der Waals surface area contributed by atoms with E-state index in [-0.39, 0.29) is 13.1 Å². The van der Waals surface area contributed by atoms with Gasteiger partial charge in [0.25, 0.3) is 5.91 Å². The number of hydrogen-bond acceptors (Lipinski definition) is 5. The molecule has 0 saturated carbocycles. The molecule has 0 unspecified atom stereocenters. The Balaban J connectivity index is 2.36. The van der Waals surface area contributed by atoms with Crippen LogP contribution in [0, 0.1) is 0 Å². The maximum atomic E-state index is 11.2. The molecule has 16 heavy (non-hydrogen) atoms. The number of methoxy groups -OCH3 is 1. The van der Waals surface area contributed by atoms with E-state index in [9.17, 15) is 19.2 Å². The van der Waals surface area contributed by atoms with Crippen LogP contribution in [0.1, 0.15) is 0 Å². The number of nitrogens with one attached hydrogen (secondary N) is 2. The molecule has 0 aromatic rings. The summed E-state index contributed by atoms with van der Waals surface area (Å²) in [5.41, 5.74) is 0. The standard InChI is InChI=1S/C8H11N3O5/c1-16-7(14)3-9-5(12)4-11-6(13)2-10-8(11)15/h2-4H2,1H3,(H,9,12)(H,10,15). The topological polar surface area (TPSA) is 105 Å². The van der Waals surface area contributed by atoms with Crippen LogP contribution in [0.25, 0.3) is 0 Å². The third-order valence-corrected chi connectivity index (χ3v) is 1.90. The third-order valence-electron chi connectivity index (χ3n) is 1.90. The van der Waals surface area contributed by atoms with Gasteiger partial charge in [-0.05, 0) is 0 Å². The lowest BCUT2D eigenvalue weighted by atomic mass is 10.4. The van der Waals surface area contributed by atoms with E-state index in [1.54, 1.807) is 0 Å². The van der Waals surface area contributed by atoms with E-state index in [1.165, 1.54) is 7.11 Å². The Morgan fingerprint density at radius 3 is 2.69 bits per heavy atom. The van der Waals surface area contributed by atoms with Crippen LogP contribution in [0.3, 0.4) is 0 Å². The van der Waals surface area contributed by atoms with Crippen molar-refractivity contribution in [3.63, 3.8) is 0 Å². The molecule has 1 fully saturated rings. The van der Waals surface area contributed by atoms with Gasteiger partial charge in [0.15, 0.2) is 0 Å². The van der Waals surface area contributed by atoms with Crippen molar-refractivity contribution in [1.29, 1.82) is 0 Å². The molecule has 1 aliphatic heterocycles. The number of ether oxygens (including phenoxy) is 1. The number of hydrogen-bond donors (Lipinski definition) is 2. The number of esters is 1. The number of carbonyl (C=O) groups is 4. The minimum Gasteiger partial charge on any atom is -0.468 e. The summed E-state index contributed by atoms with van der Waals surface area (Å²) in [4.78, 5) is 44.8. The fourth-order valence-electron chi connectivity index (χ4n) is 1.06. The number of nitrogens with zero attached hydrogens (tertiary/aromatic N) is 1. The SMILES string of the molecule is COC(=O)CNC(=O)CN1C(=O)CNC1=O. The van der Waals surface area contributed by atoms with Gasteiger partial charge in [-0.3, -0.25) is 19.3 Å². The average Bonchev–Trinajstić information content (AvgIpc) is 2.57. The van der Waals surface area contributed by atoms with E-state index in [1.807, 2.05) is 0 Å². The maximum Gasteiger partial charge on any atom is 0.325 e. The van der Waals surface area contributed by atoms with Crippen LogP contribution in [0.4, 0.5) is 4.79 Å². The highest BCUT2D eigenvalue weighted by atomic mass is 16.5. The summed E-state index contributed by atoms with van der Waals surface area (Å²) < 4.78 is 4.30. The second kappa shape index (κ2) is 5.10. The van der Waals surface area contributed by atoms with Gasteiger partial charge in [0.05, 0.1) is 13.7 Å². The highest BCUT2D eigenvalue weighted by molar-refractivity contribution is 6.04. The van der Waals surface area contributed by atoms with Gasteiger partial charge in [-0.25, -0.2) is 4.79 Å². The molecule has 0 spiro atoms. The first-order chi connectivity index (χ1) is 7.54. The molecule has 0 aliphatic carbocycles. The first kappa shape index (κ1) is 12.0. The van der Waals surface area contributed by atoms with Crippen LogP contribution in [0.2, 0.25) is 0 Å². The fraction of sp³-hybridized carbons (Fsp3) is 0.500. The van der Waals surface area contributed by atoms with Crippen molar-refractivity contribution in [2.75, 3.05) is 26.7 Å². The summed E-state index contributed by atoms with van der Waals surface area (Å²) in [7, 11) is 1.19. The van der Waals surface area contributed by atoms with Gasteiger partial charge in [-0.15, -0.1) is 0 Å². The Labute approximate surface area is 90.9 Å². The van der Waals surface area contributed by atoms with Gasteiger partial charge >= 0.3 is 12.0 Å². The first-order valence-corrected chi connectivity index (χ1v) is 4.46. The molecular weight excluding hydrogens is 218 g/mol. The Hall–Kier alpha value is -2.12. The number of urea groups is 1. The molecule has 0 bridgehead atoms. The van der Waals surface area contributed by atoms with Crippen LogP contribution in [0.5, 0.6) is 0 Å². The summed E-state index contributed by atoms with van der Waals surface area (Å²) in [5.74, 6) is -1.68. The van der Waals surface area contributed by atoms with Crippen LogP contribution < -0.4 is 10.6 Å². The summed E-state index contributed by atoms with van der Waals surface area (Å²) >= 11 is 0. The molecule has 0 radical (unpaired) electrons. The van der Waals surface area contributed by atoms with Crippen molar-refractivity contribution in [3.05, 3.63) is 0 Å². The zero-order valence-electron chi connectivity index (χ0n) is 8.61. The second-order valence-electron chi connectivity index (χ2n) is 2.99. The van der Waals surface area contributed by atoms with Gasteiger partial charge in [-0.1, -0.05) is 0 Å². The summed E-state index contributed by atoms with van der Waals surface area (Å²) in [6.45, 7) is -0.802. The molecule has 8 nitrogen and oxygen atoms in total. The molecule has 0 aromatic heterocycles. The van der Waals surface area contributed by atoms with Gasteiger partial charge < -0.3 is 15.4 Å². The van der Waals surface area contributed by atoms with E-state index in [4.69, 9.17) is 0 Å². The number of amides is 4. The molecule has 1 heterocycles. The molecule has 4 amide bonds. The molecule has 1 saturated heterocycles. The third kappa shape index (κ3) is 2.94. The van der Waals surface area contributed by atoms with Gasteiger partial charge in [0.2, 0.25) is 5.91 Å². The quantitative estimate of drug-likeness (QED) is 0.421. The van der Waals surface area contributed by atoms with Crippen LogP contribution in [-0.2, 0) is 19.1 Å². The Bertz CT molecular complexity index is 325. The monoisotopic (exact) mass is 229 g/mol. The van der Waals surface area contributed by atoms with Crippen molar-refractivity contribution in [2.45, 2.75) is 0 Å². The van der Waals surface area contributed by atoms with Crippen LogP contribution in [-0.4, -0.2) is 55.5 Å². The molecule has 1 rings (SSSR count). The number of rotatable bonds is 4. The highest BCUT2D eigenvalue weighted by Gasteiger charge is 2.30. The van der Waals surface area contributed by atoms with E-state index in [0.29, 0.717) is 0 Å². The zero-order valence-corrected chi connectivity index (χ0v) is 8.61. The van der Waals surface area contributed by atoms with Crippen molar-refractivity contribution < 1.29 is 23.9 Å². The molecular formula is C8H11N3O5. The average molecular weight is 229 g/mol. The molecule has 88 valence electrons. The Morgan fingerprint density at radius 1 is 1.50 bits per heavy atom. The maximum absolute atomic E-state index is 11.2. The predicted molar refractivity (Wildman–Crippen MR) is 50.1 cm³/mol. The number of carbonyl (C=O) groups excluding carboxylic acids is 4. The molecule has 0 aromatic carbocycles.